The van der Waals surface area contributed by atoms with Gasteiger partial charge < -0.3 is 10.2 Å². The lowest BCUT2D eigenvalue weighted by Crippen LogP contribution is -2.14. The molecule has 84 valence electrons. The van der Waals surface area contributed by atoms with E-state index in [2.05, 4.69) is 9.72 Å². The quantitative estimate of drug-likeness (QED) is 0.460. The van der Waals surface area contributed by atoms with E-state index in [0.717, 1.165) is 0 Å². The van der Waals surface area contributed by atoms with Gasteiger partial charge in [0.2, 0.25) is 0 Å². The summed E-state index contributed by atoms with van der Waals surface area (Å²) < 4.78 is 53.4. The predicted octanol–water partition coefficient (Wildman–Crippen LogP) is 1.29. The average Bonchev–Trinajstić information content (AvgIpc) is 2.16. The second kappa shape index (κ2) is 4.78. The molecule has 0 aromatic carbocycles. The third kappa shape index (κ3) is 2.94. The van der Waals surface area contributed by atoms with Crippen molar-refractivity contribution in [1.29, 1.82) is 0 Å². The van der Waals surface area contributed by atoms with Gasteiger partial charge in [-0.15, -0.1) is 0 Å². The summed E-state index contributed by atoms with van der Waals surface area (Å²) in [6, 6.07) is 0.434. The zero-order valence-electron chi connectivity index (χ0n) is 7.31. The van der Waals surface area contributed by atoms with Crippen LogP contribution in [0.3, 0.4) is 0 Å². The summed E-state index contributed by atoms with van der Waals surface area (Å²) in [6.45, 7) is -1.03. The molecule has 1 heterocycles. The monoisotopic (exact) mass is 225 g/mol. The normalized spacial score (nSPS) is 10.5. The summed E-state index contributed by atoms with van der Waals surface area (Å²) in [5.41, 5.74) is 1.83. The van der Waals surface area contributed by atoms with Crippen molar-refractivity contribution in [3.63, 3.8) is 0 Å². The van der Waals surface area contributed by atoms with Crippen LogP contribution >= 0.6 is 0 Å². The highest BCUT2D eigenvalue weighted by atomic mass is 19.3. The van der Waals surface area contributed by atoms with E-state index in [9.17, 15) is 17.6 Å². The fourth-order valence-electron chi connectivity index (χ4n) is 0.794. The molecule has 0 fully saturated rings. The van der Waals surface area contributed by atoms with E-state index in [1.54, 1.807) is 0 Å². The predicted molar refractivity (Wildman–Crippen MR) is 43.5 cm³/mol. The van der Waals surface area contributed by atoms with Crippen molar-refractivity contribution in [3.8, 4) is 5.88 Å². The molecular formula is C7H7F4N3O. The topological polar surface area (TPSA) is 60.2 Å². The number of aromatic nitrogens is 1. The van der Waals surface area contributed by atoms with Gasteiger partial charge in [0.05, 0.1) is 0 Å². The number of nitrogens with one attached hydrogen (secondary N) is 1. The highest BCUT2D eigenvalue weighted by Crippen LogP contribution is 2.20. The van der Waals surface area contributed by atoms with Crippen LogP contribution in [-0.2, 0) is 0 Å². The summed E-state index contributed by atoms with van der Waals surface area (Å²) in [4.78, 5) is 3.22. The summed E-state index contributed by atoms with van der Waals surface area (Å²) in [6.07, 6.45) is -2.77. The molecule has 0 amide bonds. The van der Waals surface area contributed by atoms with Gasteiger partial charge in [0.15, 0.2) is 24.1 Å². The Bertz CT molecular complexity index is 347. The van der Waals surface area contributed by atoms with Crippen molar-refractivity contribution in [1.82, 2.24) is 4.98 Å². The molecule has 0 radical (unpaired) electrons. The number of nitrogens with zero attached hydrogens (tertiary/aromatic N) is 1. The van der Waals surface area contributed by atoms with E-state index in [1.807, 2.05) is 5.43 Å². The Morgan fingerprint density at radius 3 is 2.60 bits per heavy atom. The first-order chi connectivity index (χ1) is 7.04. The molecular weight excluding hydrogens is 218 g/mol. The van der Waals surface area contributed by atoms with Gasteiger partial charge in [-0.2, -0.15) is 4.98 Å². The van der Waals surface area contributed by atoms with Crippen molar-refractivity contribution >= 4 is 5.82 Å². The SMILES string of the molecule is NNc1nc(OCC(F)F)c(F)cc1F. The molecule has 0 bridgehead atoms. The molecule has 8 heteroatoms. The van der Waals surface area contributed by atoms with Crippen molar-refractivity contribution < 1.29 is 22.3 Å². The largest absolute Gasteiger partial charge is 0.469 e. The van der Waals surface area contributed by atoms with Crippen LogP contribution in [0.5, 0.6) is 5.88 Å². The third-order valence-corrected chi connectivity index (χ3v) is 1.38. The molecule has 0 aliphatic heterocycles. The van der Waals surface area contributed by atoms with E-state index in [1.165, 1.54) is 0 Å². The van der Waals surface area contributed by atoms with Gasteiger partial charge in [-0.1, -0.05) is 0 Å². The number of pyridine rings is 1. The van der Waals surface area contributed by atoms with Gasteiger partial charge in [0, 0.05) is 6.07 Å². The fourth-order valence-corrected chi connectivity index (χ4v) is 0.794. The zero-order chi connectivity index (χ0) is 11.4. The van der Waals surface area contributed by atoms with E-state index in [0.29, 0.717) is 6.07 Å². The lowest BCUT2D eigenvalue weighted by atomic mass is 10.4. The number of rotatable bonds is 4. The highest BCUT2D eigenvalue weighted by Gasteiger charge is 2.14. The van der Waals surface area contributed by atoms with E-state index in [-0.39, 0.29) is 0 Å². The van der Waals surface area contributed by atoms with Crippen LogP contribution in [-0.4, -0.2) is 18.0 Å². The summed E-state index contributed by atoms with van der Waals surface area (Å²) in [7, 11) is 0. The van der Waals surface area contributed by atoms with Gasteiger partial charge in [-0.05, 0) is 0 Å². The molecule has 3 N–H and O–H groups in total. The summed E-state index contributed by atoms with van der Waals surface area (Å²) in [5, 5.41) is 0. The molecule has 15 heavy (non-hydrogen) atoms. The maximum Gasteiger partial charge on any atom is 0.272 e. The van der Waals surface area contributed by atoms with Gasteiger partial charge in [0.25, 0.3) is 12.3 Å². The minimum Gasteiger partial charge on any atom is -0.469 e. The Morgan fingerprint density at radius 2 is 2.07 bits per heavy atom. The van der Waals surface area contributed by atoms with Crippen molar-refractivity contribution in [2.24, 2.45) is 5.84 Å². The van der Waals surface area contributed by atoms with E-state index in [4.69, 9.17) is 5.84 Å². The number of anilines is 1. The minimum atomic E-state index is -2.77. The van der Waals surface area contributed by atoms with Crippen LogP contribution in [0.15, 0.2) is 6.07 Å². The molecule has 0 saturated carbocycles. The van der Waals surface area contributed by atoms with Crippen LogP contribution in [0.2, 0.25) is 0 Å². The molecule has 0 aliphatic carbocycles. The Morgan fingerprint density at radius 1 is 1.40 bits per heavy atom. The van der Waals surface area contributed by atoms with Crippen LogP contribution in [0, 0.1) is 11.6 Å². The number of hydrogen-bond acceptors (Lipinski definition) is 4. The number of ether oxygens (including phenoxy) is 1. The zero-order valence-corrected chi connectivity index (χ0v) is 7.31. The number of halogens is 4. The van der Waals surface area contributed by atoms with Crippen LogP contribution < -0.4 is 16.0 Å². The Labute approximate surface area is 82.0 Å². The van der Waals surface area contributed by atoms with Crippen molar-refractivity contribution in [2.45, 2.75) is 6.43 Å². The number of nitrogen functional groups attached to an aromatic ring is 1. The Hall–Kier alpha value is -1.57. The Kier molecular flexibility index (Phi) is 3.67. The van der Waals surface area contributed by atoms with E-state index < -0.39 is 36.4 Å². The molecule has 1 rings (SSSR count). The molecule has 0 aliphatic rings. The number of hydrogen-bond donors (Lipinski definition) is 2. The van der Waals surface area contributed by atoms with Gasteiger partial charge in [-0.3, -0.25) is 0 Å². The van der Waals surface area contributed by atoms with Gasteiger partial charge in [-0.25, -0.2) is 23.4 Å². The van der Waals surface area contributed by atoms with Gasteiger partial charge in [0.1, 0.15) is 0 Å². The third-order valence-electron chi connectivity index (χ3n) is 1.38. The highest BCUT2D eigenvalue weighted by molar-refractivity contribution is 5.38. The number of nitrogens with two attached hydrogens (primary N) is 1. The summed E-state index contributed by atoms with van der Waals surface area (Å²) >= 11 is 0. The van der Waals surface area contributed by atoms with Crippen molar-refractivity contribution in [3.05, 3.63) is 17.7 Å². The minimum absolute atomic E-state index is 0.434. The molecule has 0 unspecified atom stereocenters. The molecule has 0 atom stereocenters. The molecule has 0 saturated heterocycles. The van der Waals surface area contributed by atoms with Crippen molar-refractivity contribution in [2.75, 3.05) is 12.0 Å². The second-order valence-corrected chi connectivity index (χ2v) is 2.45. The Balaban J connectivity index is 2.87. The maximum atomic E-state index is 12.9. The first-order valence-electron chi connectivity index (χ1n) is 3.78. The average molecular weight is 225 g/mol. The first-order valence-corrected chi connectivity index (χ1v) is 3.78. The van der Waals surface area contributed by atoms with Gasteiger partial charge >= 0.3 is 0 Å². The summed E-state index contributed by atoms with van der Waals surface area (Å²) in [5.74, 6) is 1.41. The van der Waals surface area contributed by atoms with Crippen LogP contribution in [0.25, 0.3) is 0 Å². The molecule has 4 nitrogen and oxygen atoms in total. The lowest BCUT2D eigenvalue weighted by Gasteiger charge is -2.07. The standard InChI is InChI=1S/C7H7F4N3O/c8-3-1-4(9)7(13-6(3)14-12)15-2-5(10)11/h1,5H,2,12H2,(H,13,14). The molecule has 1 aromatic heterocycles. The number of alkyl halides is 2. The van der Waals surface area contributed by atoms with Crippen LogP contribution in [0.1, 0.15) is 0 Å². The fraction of sp³-hybridized carbons (Fsp3) is 0.286. The van der Waals surface area contributed by atoms with E-state index >= 15 is 0 Å². The molecule has 0 spiro atoms. The first kappa shape index (κ1) is 11.5. The maximum absolute atomic E-state index is 12.9. The number of hydrazine groups is 1. The lowest BCUT2D eigenvalue weighted by molar-refractivity contribution is 0.0773. The van der Waals surface area contributed by atoms with Crippen LogP contribution in [0.4, 0.5) is 23.4 Å². The second-order valence-electron chi connectivity index (χ2n) is 2.45. The molecule has 1 aromatic rings. The smallest absolute Gasteiger partial charge is 0.272 e.